The summed E-state index contributed by atoms with van der Waals surface area (Å²) >= 11 is 0. The van der Waals surface area contributed by atoms with Gasteiger partial charge in [-0.05, 0) is 34.3 Å². The van der Waals surface area contributed by atoms with Gasteiger partial charge in [-0.3, -0.25) is 0 Å². The number of carbonyl (C=O) groups is 1. The second-order valence-corrected chi connectivity index (χ2v) is 3.10. The van der Waals surface area contributed by atoms with Gasteiger partial charge in [0.15, 0.2) is 5.76 Å². The molecule has 0 aliphatic rings. The van der Waals surface area contributed by atoms with Gasteiger partial charge in [0.25, 0.3) is 5.82 Å². The van der Waals surface area contributed by atoms with Crippen LogP contribution in [0.2, 0.25) is 0 Å². The maximum Gasteiger partial charge on any atom is 0.334 e. The molecule has 0 spiro atoms. The van der Waals surface area contributed by atoms with Crippen LogP contribution in [0.3, 0.4) is 0 Å². The van der Waals surface area contributed by atoms with Gasteiger partial charge in [-0.15, -0.1) is 5.10 Å². The molecule has 16 heavy (non-hydrogen) atoms. The number of aromatic nitrogens is 4. The van der Waals surface area contributed by atoms with E-state index in [9.17, 15) is 4.79 Å². The van der Waals surface area contributed by atoms with Crippen molar-refractivity contribution in [3.63, 3.8) is 0 Å². The molecule has 0 aliphatic heterocycles. The van der Waals surface area contributed by atoms with E-state index in [-0.39, 0.29) is 12.2 Å². The molecule has 0 radical (unpaired) electrons. The van der Waals surface area contributed by atoms with Crippen LogP contribution in [0.1, 0.15) is 19.1 Å². The van der Waals surface area contributed by atoms with Gasteiger partial charge in [-0.1, -0.05) is 6.92 Å². The fourth-order valence-electron chi connectivity index (χ4n) is 1.10. The molecule has 0 amide bonds. The minimum absolute atomic E-state index is 0.247. The first kappa shape index (κ1) is 10.3. The highest BCUT2D eigenvalue weighted by Gasteiger charge is 2.15. The molecule has 0 aliphatic carbocycles. The average Bonchev–Trinajstić information content (AvgIpc) is 2.86. The Morgan fingerprint density at radius 1 is 1.56 bits per heavy atom. The molecule has 0 fully saturated rings. The number of hydrogen-bond donors (Lipinski definition) is 0. The van der Waals surface area contributed by atoms with Crippen LogP contribution in [0.4, 0.5) is 0 Å². The molecule has 7 nitrogen and oxygen atoms in total. The molecule has 0 bridgehead atoms. The van der Waals surface area contributed by atoms with Crippen LogP contribution >= 0.6 is 0 Å². The van der Waals surface area contributed by atoms with Gasteiger partial charge in [0.05, 0.1) is 0 Å². The van der Waals surface area contributed by atoms with Crippen molar-refractivity contribution >= 4 is 5.97 Å². The van der Waals surface area contributed by atoms with Gasteiger partial charge < -0.3 is 9.25 Å². The molecular formula is C9H10N4O3. The summed E-state index contributed by atoms with van der Waals surface area (Å²) in [4.78, 5) is 16.9. The van der Waals surface area contributed by atoms with Crippen molar-refractivity contribution in [1.82, 2.24) is 20.4 Å². The highest BCUT2D eigenvalue weighted by molar-refractivity contribution is 5.69. The summed E-state index contributed by atoms with van der Waals surface area (Å²) in [5, 5.41) is 10.7. The lowest BCUT2D eigenvalue weighted by Gasteiger charge is -2.00. The molecule has 0 unspecified atom stereocenters. The Balaban J connectivity index is 2.29. The molecule has 0 atom stereocenters. The van der Waals surface area contributed by atoms with E-state index in [2.05, 4.69) is 15.5 Å². The number of tetrazole rings is 1. The third kappa shape index (κ3) is 1.92. The monoisotopic (exact) mass is 222 g/mol. The van der Waals surface area contributed by atoms with E-state index in [1.807, 2.05) is 0 Å². The van der Waals surface area contributed by atoms with Gasteiger partial charge in [0.2, 0.25) is 0 Å². The minimum Gasteiger partial charge on any atom is -0.458 e. The van der Waals surface area contributed by atoms with Crippen LogP contribution in [0, 0.1) is 6.92 Å². The molecule has 7 heteroatoms. The van der Waals surface area contributed by atoms with E-state index in [1.165, 1.54) is 0 Å². The Labute approximate surface area is 91.0 Å². The second kappa shape index (κ2) is 4.13. The van der Waals surface area contributed by atoms with E-state index in [4.69, 9.17) is 9.25 Å². The number of rotatable bonds is 3. The predicted octanol–water partition coefficient (Wildman–Crippen LogP) is 0.607. The van der Waals surface area contributed by atoms with Crippen LogP contribution in [0.15, 0.2) is 16.5 Å². The van der Waals surface area contributed by atoms with Crippen LogP contribution in [-0.4, -0.2) is 26.3 Å². The predicted molar refractivity (Wildman–Crippen MR) is 52.1 cm³/mol. The minimum atomic E-state index is -0.420. The van der Waals surface area contributed by atoms with Crippen molar-refractivity contribution in [1.29, 1.82) is 0 Å². The van der Waals surface area contributed by atoms with Gasteiger partial charge in [0.1, 0.15) is 5.76 Å². The van der Waals surface area contributed by atoms with Crippen molar-refractivity contribution in [2.75, 3.05) is 0 Å². The lowest BCUT2D eigenvalue weighted by molar-refractivity contribution is -0.145. The zero-order chi connectivity index (χ0) is 11.5. The number of aryl methyl sites for hydroxylation is 1. The molecule has 0 N–H and O–H groups in total. The average molecular weight is 222 g/mol. The Bertz CT molecular complexity index is 502. The first-order valence-corrected chi connectivity index (χ1v) is 4.77. The number of hydrogen-bond acceptors (Lipinski definition) is 6. The van der Waals surface area contributed by atoms with Crippen LogP contribution in [-0.2, 0) is 4.79 Å². The van der Waals surface area contributed by atoms with Crippen LogP contribution in [0.25, 0.3) is 11.6 Å². The van der Waals surface area contributed by atoms with E-state index in [0.717, 1.165) is 10.6 Å². The summed E-state index contributed by atoms with van der Waals surface area (Å²) in [5.74, 6) is 1.02. The fraction of sp³-hybridized carbons (Fsp3) is 0.333. The zero-order valence-electron chi connectivity index (χ0n) is 8.88. The highest BCUT2D eigenvalue weighted by atomic mass is 16.7. The normalized spacial score (nSPS) is 10.4. The topological polar surface area (TPSA) is 83.0 Å². The molecule has 2 rings (SSSR count). The zero-order valence-corrected chi connectivity index (χ0v) is 8.88. The SMILES string of the molecule is CCC(=O)On1nnnc1-c1ccc(C)o1. The molecular weight excluding hydrogens is 212 g/mol. The number of furan rings is 1. The van der Waals surface area contributed by atoms with E-state index >= 15 is 0 Å². The lowest BCUT2D eigenvalue weighted by atomic mass is 10.4. The molecule has 84 valence electrons. The van der Waals surface area contributed by atoms with Gasteiger partial charge in [0, 0.05) is 6.42 Å². The molecule has 2 aromatic rings. The van der Waals surface area contributed by atoms with E-state index in [1.54, 1.807) is 26.0 Å². The lowest BCUT2D eigenvalue weighted by Crippen LogP contribution is -2.20. The fourth-order valence-corrected chi connectivity index (χ4v) is 1.10. The maximum atomic E-state index is 11.1. The second-order valence-electron chi connectivity index (χ2n) is 3.10. The van der Waals surface area contributed by atoms with E-state index in [0.29, 0.717) is 5.76 Å². The largest absolute Gasteiger partial charge is 0.458 e. The molecule has 2 heterocycles. The summed E-state index contributed by atoms with van der Waals surface area (Å²) < 4.78 is 5.33. The van der Waals surface area contributed by atoms with Crippen molar-refractivity contribution in [2.45, 2.75) is 20.3 Å². The molecule has 0 saturated carbocycles. The summed E-state index contributed by atoms with van der Waals surface area (Å²) in [5.41, 5.74) is 0. The first-order chi connectivity index (χ1) is 7.70. The summed E-state index contributed by atoms with van der Waals surface area (Å²) in [6, 6.07) is 3.48. The van der Waals surface area contributed by atoms with Crippen molar-refractivity contribution in [3.8, 4) is 11.6 Å². The maximum absolute atomic E-state index is 11.1. The Kier molecular flexibility index (Phi) is 2.67. The van der Waals surface area contributed by atoms with Crippen LogP contribution in [0.5, 0.6) is 0 Å². The van der Waals surface area contributed by atoms with Crippen LogP contribution < -0.4 is 4.84 Å². The van der Waals surface area contributed by atoms with Crippen molar-refractivity contribution in [2.24, 2.45) is 0 Å². The van der Waals surface area contributed by atoms with Gasteiger partial charge >= 0.3 is 5.97 Å². The Morgan fingerprint density at radius 2 is 2.38 bits per heavy atom. The standard InChI is InChI=1S/C9H10N4O3/c1-3-8(14)16-13-9(10-11-12-13)7-5-4-6(2)15-7/h4-5H,3H2,1-2H3. The molecule has 0 saturated heterocycles. The number of carbonyl (C=O) groups excluding carboxylic acids is 1. The third-order valence-corrected chi connectivity index (χ3v) is 1.88. The van der Waals surface area contributed by atoms with Gasteiger partial charge in [-0.25, -0.2) is 4.79 Å². The summed E-state index contributed by atoms with van der Waals surface area (Å²) in [7, 11) is 0. The van der Waals surface area contributed by atoms with Gasteiger partial charge in [-0.2, -0.15) is 0 Å². The first-order valence-electron chi connectivity index (χ1n) is 4.77. The highest BCUT2D eigenvalue weighted by Crippen LogP contribution is 2.17. The quantitative estimate of drug-likeness (QED) is 0.707. The van der Waals surface area contributed by atoms with Crippen molar-refractivity contribution < 1.29 is 14.0 Å². The third-order valence-electron chi connectivity index (χ3n) is 1.88. The van der Waals surface area contributed by atoms with E-state index < -0.39 is 5.97 Å². The Morgan fingerprint density at radius 3 is 3.00 bits per heavy atom. The molecule has 0 aromatic carbocycles. The molecule has 2 aromatic heterocycles. The number of nitrogens with zero attached hydrogens (tertiary/aromatic N) is 4. The Hall–Kier alpha value is -2.18. The summed E-state index contributed by atoms with van der Waals surface area (Å²) in [6.45, 7) is 3.49. The smallest absolute Gasteiger partial charge is 0.334 e. The summed E-state index contributed by atoms with van der Waals surface area (Å²) in [6.07, 6.45) is 0.247. The van der Waals surface area contributed by atoms with Crippen molar-refractivity contribution in [3.05, 3.63) is 17.9 Å².